The van der Waals surface area contributed by atoms with Crippen molar-refractivity contribution in [3.05, 3.63) is 70.8 Å². The van der Waals surface area contributed by atoms with Crippen LogP contribution in [0.25, 0.3) is 12.2 Å². The number of rotatable bonds is 22. The van der Waals surface area contributed by atoms with Gasteiger partial charge in [-0.3, -0.25) is 0 Å². The molecule has 0 aliphatic rings. The van der Waals surface area contributed by atoms with E-state index in [9.17, 15) is 9.59 Å². The Kier molecular flexibility index (Phi) is 17.0. The normalized spacial score (nSPS) is 12.0. The Morgan fingerprint density at radius 2 is 0.795 bits per heavy atom. The molecule has 0 fully saturated rings. The molecule has 2 rings (SSSR count). The molecule has 0 unspecified atom stereocenters. The quantitative estimate of drug-likeness (QED) is 0.0564. The molecule has 0 amide bonds. The van der Waals surface area contributed by atoms with Crippen molar-refractivity contribution < 1.29 is 38.0 Å². The van der Waals surface area contributed by atoms with E-state index >= 15 is 0 Å². The third-order valence-corrected chi connectivity index (χ3v) is 6.77. The van der Waals surface area contributed by atoms with Gasteiger partial charge in [0, 0.05) is 13.8 Å². The van der Waals surface area contributed by atoms with E-state index in [0.717, 1.165) is 62.5 Å². The SMILES string of the molecule is CCCCOC(C)(OCCCC)OC(=O)c1ccc(/C=C/c2ccc(C(=O)OC(C)(OCCCC)OCCCC)cc2)cc1. The molecule has 44 heavy (non-hydrogen) atoms. The molecule has 0 saturated carbocycles. The number of unbranched alkanes of at least 4 members (excludes halogenated alkanes) is 4. The summed E-state index contributed by atoms with van der Waals surface area (Å²) < 4.78 is 34.4. The molecule has 0 aliphatic carbocycles. The Morgan fingerprint density at radius 3 is 1.05 bits per heavy atom. The van der Waals surface area contributed by atoms with E-state index in [4.69, 9.17) is 28.4 Å². The fraction of sp³-hybridized carbons (Fsp3) is 0.556. The van der Waals surface area contributed by atoms with Gasteiger partial charge >= 0.3 is 23.9 Å². The molecular weight excluding hydrogens is 560 g/mol. The molecule has 0 saturated heterocycles. The van der Waals surface area contributed by atoms with Crippen molar-refractivity contribution in [1.82, 2.24) is 0 Å². The number of benzene rings is 2. The van der Waals surface area contributed by atoms with Crippen LogP contribution in [-0.4, -0.2) is 50.3 Å². The van der Waals surface area contributed by atoms with Crippen LogP contribution in [0.15, 0.2) is 48.5 Å². The minimum Gasteiger partial charge on any atom is -0.404 e. The van der Waals surface area contributed by atoms with Gasteiger partial charge in [-0.25, -0.2) is 9.59 Å². The topological polar surface area (TPSA) is 89.5 Å². The summed E-state index contributed by atoms with van der Waals surface area (Å²) in [6, 6.07) is 14.2. The van der Waals surface area contributed by atoms with Gasteiger partial charge in [0.05, 0.1) is 37.6 Å². The van der Waals surface area contributed by atoms with Crippen LogP contribution in [0.3, 0.4) is 0 Å². The monoisotopic (exact) mass is 612 g/mol. The van der Waals surface area contributed by atoms with Crippen LogP contribution in [0, 0.1) is 0 Å². The van der Waals surface area contributed by atoms with Crippen LogP contribution in [0.1, 0.15) is 125 Å². The van der Waals surface area contributed by atoms with E-state index in [-0.39, 0.29) is 0 Å². The lowest BCUT2D eigenvalue weighted by molar-refractivity contribution is -0.345. The van der Waals surface area contributed by atoms with E-state index < -0.39 is 23.9 Å². The zero-order valence-corrected chi connectivity index (χ0v) is 27.5. The Morgan fingerprint density at radius 1 is 0.523 bits per heavy atom. The lowest BCUT2D eigenvalue weighted by Crippen LogP contribution is -2.38. The summed E-state index contributed by atoms with van der Waals surface area (Å²) in [5.41, 5.74) is 2.60. The summed E-state index contributed by atoms with van der Waals surface area (Å²) in [4.78, 5) is 25.7. The average molecular weight is 613 g/mol. The van der Waals surface area contributed by atoms with Crippen molar-refractivity contribution >= 4 is 24.1 Å². The maximum atomic E-state index is 12.9. The van der Waals surface area contributed by atoms with Crippen LogP contribution in [-0.2, 0) is 28.4 Å². The Balaban J connectivity index is 2.00. The first kappa shape index (κ1) is 37.1. The summed E-state index contributed by atoms with van der Waals surface area (Å²) in [5.74, 6) is -3.88. The highest BCUT2D eigenvalue weighted by atomic mass is 16.9. The minimum atomic E-state index is -1.43. The van der Waals surface area contributed by atoms with E-state index in [2.05, 4.69) is 27.7 Å². The number of hydrogen-bond donors (Lipinski definition) is 0. The number of hydrogen-bond acceptors (Lipinski definition) is 8. The highest BCUT2D eigenvalue weighted by Gasteiger charge is 2.32. The van der Waals surface area contributed by atoms with Crippen molar-refractivity contribution in [2.24, 2.45) is 0 Å². The van der Waals surface area contributed by atoms with Crippen LogP contribution in [0.2, 0.25) is 0 Å². The molecule has 0 aromatic heterocycles. The summed E-state index contributed by atoms with van der Waals surface area (Å²) in [6.45, 7) is 13.3. The van der Waals surface area contributed by atoms with Crippen LogP contribution in [0.4, 0.5) is 0 Å². The molecule has 2 aromatic rings. The van der Waals surface area contributed by atoms with E-state index in [1.165, 1.54) is 0 Å². The number of esters is 2. The van der Waals surface area contributed by atoms with Crippen molar-refractivity contribution in [2.45, 2.75) is 105 Å². The first-order valence-corrected chi connectivity index (χ1v) is 16.1. The highest BCUT2D eigenvalue weighted by Crippen LogP contribution is 2.21. The fourth-order valence-electron chi connectivity index (χ4n) is 3.92. The van der Waals surface area contributed by atoms with Crippen molar-refractivity contribution in [3.63, 3.8) is 0 Å². The van der Waals surface area contributed by atoms with Gasteiger partial charge < -0.3 is 28.4 Å². The summed E-state index contributed by atoms with van der Waals surface area (Å²) in [7, 11) is 0. The van der Waals surface area contributed by atoms with Crippen LogP contribution >= 0.6 is 0 Å². The summed E-state index contributed by atoms with van der Waals surface area (Å²) in [5, 5.41) is 0. The molecular formula is C36H52O8. The van der Waals surface area contributed by atoms with E-state index in [1.54, 1.807) is 38.1 Å². The second-order valence-electron chi connectivity index (χ2n) is 10.9. The predicted molar refractivity (Wildman–Crippen MR) is 173 cm³/mol. The minimum absolute atomic E-state index is 0.402. The molecule has 244 valence electrons. The molecule has 2 aromatic carbocycles. The second-order valence-corrected chi connectivity index (χ2v) is 10.9. The van der Waals surface area contributed by atoms with Crippen LogP contribution in [0.5, 0.6) is 0 Å². The highest BCUT2D eigenvalue weighted by molar-refractivity contribution is 5.90. The second kappa shape index (κ2) is 20.1. The van der Waals surface area contributed by atoms with Gasteiger partial charge in [-0.15, -0.1) is 0 Å². The van der Waals surface area contributed by atoms with Gasteiger partial charge in [0.2, 0.25) is 0 Å². The van der Waals surface area contributed by atoms with Gasteiger partial charge in [0.15, 0.2) is 0 Å². The number of carbonyl (C=O) groups excluding carboxylic acids is 2. The van der Waals surface area contributed by atoms with Gasteiger partial charge in [-0.2, -0.15) is 0 Å². The molecule has 8 heteroatoms. The largest absolute Gasteiger partial charge is 0.404 e. The summed E-state index contributed by atoms with van der Waals surface area (Å²) in [6.07, 6.45) is 11.1. The molecule has 0 spiro atoms. The molecule has 0 atom stereocenters. The van der Waals surface area contributed by atoms with E-state index in [0.29, 0.717) is 37.6 Å². The maximum absolute atomic E-state index is 12.9. The van der Waals surface area contributed by atoms with Crippen molar-refractivity contribution in [3.8, 4) is 0 Å². The molecule has 0 N–H and O–H groups in total. The number of carbonyl (C=O) groups is 2. The van der Waals surface area contributed by atoms with Crippen molar-refractivity contribution in [2.75, 3.05) is 26.4 Å². The molecule has 8 nitrogen and oxygen atoms in total. The zero-order chi connectivity index (χ0) is 32.3. The van der Waals surface area contributed by atoms with Gasteiger partial charge in [-0.05, 0) is 61.1 Å². The molecule has 0 heterocycles. The molecule has 0 aliphatic heterocycles. The fourth-order valence-corrected chi connectivity index (χ4v) is 3.92. The lowest BCUT2D eigenvalue weighted by atomic mass is 10.1. The Hall–Kier alpha value is -3.04. The zero-order valence-electron chi connectivity index (χ0n) is 27.5. The maximum Gasteiger partial charge on any atom is 0.342 e. The Labute approximate surface area is 264 Å². The Bertz CT molecular complexity index is 1010. The van der Waals surface area contributed by atoms with Gasteiger partial charge in [0.25, 0.3) is 0 Å². The summed E-state index contributed by atoms with van der Waals surface area (Å²) >= 11 is 0. The first-order valence-electron chi connectivity index (χ1n) is 16.1. The van der Waals surface area contributed by atoms with E-state index in [1.807, 2.05) is 36.4 Å². The third-order valence-electron chi connectivity index (χ3n) is 6.77. The van der Waals surface area contributed by atoms with Crippen molar-refractivity contribution in [1.29, 1.82) is 0 Å². The lowest BCUT2D eigenvalue weighted by Gasteiger charge is -2.29. The smallest absolute Gasteiger partial charge is 0.342 e. The third kappa shape index (κ3) is 13.7. The standard InChI is InChI=1S/C36H52O8/c1-7-11-25-39-35(5,40-26-12-8-2)43-33(37)31-21-17-29(18-22-31)15-16-30-19-23-32(24-20-30)34(38)44-36(6,41-27-13-9-3)42-28-14-10-4/h15-24H,7-14,25-28H2,1-6H3/b16-15+. The van der Waals surface area contributed by atoms with Crippen LogP contribution < -0.4 is 0 Å². The average Bonchev–Trinajstić information content (AvgIpc) is 3.01. The molecule has 0 bridgehead atoms. The van der Waals surface area contributed by atoms with Gasteiger partial charge in [0.1, 0.15) is 0 Å². The van der Waals surface area contributed by atoms with Gasteiger partial charge in [-0.1, -0.05) is 89.8 Å². The molecule has 0 radical (unpaired) electrons. The predicted octanol–water partition coefficient (Wildman–Crippen LogP) is 8.78. The number of ether oxygens (including phenoxy) is 6. The first-order chi connectivity index (χ1) is 21.2.